The van der Waals surface area contributed by atoms with Crippen molar-refractivity contribution in [3.63, 3.8) is 0 Å². The molecule has 0 aliphatic rings. The molecule has 0 unspecified atom stereocenters. The van der Waals surface area contributed by atoms with Crippen molar-refractivity contribution in [1.29, 1.82) is 0 Å². The second kappa shape index (κ2) is 13.5. The van der Waals surface area contributed by atoms with Crippen molar-refractivity contribution in [2.45, 2.75) is 38.7 Å². The lowest BCUT2D eigenvalue weighted by Gasteiger charge is -2.26. The fourth-order valence-electron chi connectivity index (χ4n) is 2.92. The number of nitrogens with zero attached hydrogens (tertiary/aromatic N) is 1. The topological polar surface area (TPSA) is 131 Å². The molecule has 1 aromatic carbocycles. The molecule has 32 heavy (non-hydrogen) atoms. The largest absolute Gasteiger partial charge is 0.497 e. The zero-order chi connectivity index (χ0) is 24.3. The molecule has 0 aromatic heterocycles. The van der Waals surface area contributed by atoms with Crippen molar-refractivity contribution in [3.8, 4) is 5.75 Å². The van der Waals surface area contributed by atoms with Gasteiger partial charge in [0.2, 0.25) is 11.8 Å². The maximum Gasteiger partial charge on any atom is 0.291 e. The van der Waals surface area contributed by atoms with Crippen LogP contribution in [0.4, 0.5) is 10.1 Å². The minimum Gasteiger partial charge on any atom is -0.497 e. The quantitative estimate of drug-likeness (QED) is 0.297. The molecular weight excluding hydrogens is 443 g/mol. The molecule has 0 fully saturated rings. The number of nitrogens with two attached hydrogens (primary N) is 1. The summed E-state index contributed by atoms with van der Waals surface area (Å²) in [4.78, 5) is 48.2. The monoisotopic (exact) mass is 472 g/mol. The molecule has 0 spiro atoms. The minimum atomic E-state index is -2.40. The van der Waals surface area contributed by atoms with Crippen LogP contribution in [0.25, 0.3) is 0 Å². The van der Waals surface area contributed by atoms with E-state index in [-0.39, 0.29) is 37.6 Å². The highest BCUT2D eigenvalue weighted by molar-refractivity contribution is 6.29. The summed E-state index contributed by atoms with van der Waals surface area (Å²) in [6.45, 7) is 3.40. The van der Waals surface area contributed by atoms with Crippen molar-refractivity contribution < 1.29 is 28.3 Å². The van der Waals surface area contributed by atoms with Gasteiger partial charge in [-0.25, -0.2) is 9.40 Å². The number of methoxy groups -OCH3 is 1. The van der Waals surface area contributed by atoms with Crippen LogP contribution in [-0.4, -0.2) is 54.3 Å². The van der Waals surface area contributed by atoms with Gasteiger partial charge in [-0.05, 0) is 24.5 Å². The normalized spacial score (nSPS) is 12.6. The fourth-order valence-corrected chi connectivity index (χ4v) is 3.04. The first-order chi connectivity index (χ1) is 15.0. The Kier molecular flexibility index (Phi) is 11.5. The first-order valence-corrected chi connectivity index (χ1v) is 10.5. The number of carbonyl (C=O) groups is 4. The van der Waals surface area contributed by atoms with E-state index in [9.17, 15) is 23.6 Å². The number of nitrogens with one attached hydrogen (secondary N) is 2. The number of Topliss-reactive ketones (excluding diaryl/α,β-unsaturated/α-hetero) is 1. The first kappa shape index (κ1) is 27.2. The van der Waals surface area contributed by atoms with E-state index in [1.807, 2.05) is 13.8 Å². The van der Waals surface area contributed by atoms with Gasteiger partial charge in [-0.2, -0.15) is 0 Å². The van der Waals surface area contributed by atoms with Gasteiger partial charge in [-0.3, -0.25) is 24.6 Å². The van der Waals surface area contributed by atoms with Gasteiger partial charge in [-0.1, -0.05) is 31.5 Å². The fraction of sp³-hybridized carbons (Fsp3) is 0.524. The van der Waals surface area contributed by atoms with E-state index < -0.39 is 29.3 Å². The molecule has 0 aliphatic carbocycles. The van der Waals surface area contributed by atoms with E-state index >= 15 is 0 Å². The van der Waals surface area contributed by atoms with Crippen molar-refractivity contribution in [1.82, 2.24) is 10.4 Å². The molecule has 0 saturated heterocycles. The first-order valence-electron chi connectivity index (χ1n) is 10.1. The number of carbonyl (C=O) groups excluding carboxylic acids is 4. The van der Waals surface area contributed by atoms with Crippen LogP contribution >= 0.6 is 11.6 Å². The molecule has 3 amide bonds. The van der Waals surface area contributed by atoms with Crippen LogP contribution in [0.3, 0.4) is 0 Å². The second-order valence-electron chi connectivity index (χ2n) is 7.64. The molecule has 1 rings (SSSR count). The zero-order valence-corrected chi connectivity index (χ0v) is 19.2. The number of rotatable bonds is 13. The van der Waals surface area contributed by atoms with Crippen LogP contribution in [0.5, 0.6) is 5.75 Å². The van der Waals surface area contributed by atoms with Crippen LogP contribution in [0.1, 0.15) is 33.1 Å². The Morgan fingerprint density at radius 3 is 2.50 bits per heavy atom. The Bertz CT molecular complexity index is 806. The summed E-state index contributed by atoms with van der Waals surface area (Å²) in [6, 6.07) is 7.04. The van der Waals surface area contributed by atoms with Crippen LogP contribution in [-0.2, 0) is 19.2 Å². The summed E-state index contributed by atoms with van der Waals surface area (Å²) in [5.41, 5.74) is 5.62. The number of ketones is 1. The van der Waals surface area contributed by atoms with E-state index in [0.29, 0.717) is 22.9 Å². The summed E-state index contributed by atoms with van der Waals surface area (Å²) >= 11 is 5.19. The van der Waals surface area contributed by atoms with Crippen molar-refractivity contribution in [3.05, 3.63) is 24.3 Å². The number of halogens is 2. The van der Waals surface area contributed by atoms with E-state index in [4.69, 9.17) is 22.1 Å². The number of hydrogen-bond acceptors (Lipinski definition) is 6. The molecule has 0 saturated carbocycles. The molecule has 178 valence electrons. The lowest BCUT2D eigenvalue weighted by Crippen LogP contribution is -2.51. The van der Waals surface area contributed by atoms with Gasteiger partial charge in [0.25, 0.3) is 11.5 Å². The molecule has 4 N–H and O–H groups in total. The third-order valence-electron chi connectivity index (χ3n) is 4.44. The van der Waals surface area contributed by atoms with E-state index in [2.05, 4.69) is 10.7 Å². The molecule has 0 radical (unpaired) electrons. The van der Waals surface area contributed by atoms with E-state index in [0.717, 1.165) is 0 Å². The van der Waals surface area contributed by atoms with Gasteiger partial charge in [-0.15, -0.1) is 0 Å². The minimum absolute atomic E-state index is 0.0202. The SMILES string of the molecule is COc1cccc(NCC(=O)C[C@@H](CC(C)C)C(=O)NN(CCC(N)=O)C(=O)[C@H](F)Cl)c1. The van der Waals surface area contributed by atoms with Gasteiger partial charge < -0.3 is 15.8 Å². The Labute approximate surface area is 191 Å². The average Bonchev–Trinajstić information content (AvgIpc) is 2.73. The van der Waals surface area contributed by atoms with E-state index in [1.165, 1.54) is 7.11 Å². The summed E-state index contributed by atoms with van der Waals surface area (Å²) in [6.07, 6.45) is -0.0405. The molecule has 9 nitrogen and oxygen atoms in total. The summed E-state index contributed by atoms with van der Waals surface area (Å²) < 4.78 is 18.4. The molecule has 1 aromatic rings. The third kappa shape index (κ3) is 9.95. The lowest BCUT2D eigenvalue weighted by atomic mass is 9.91. The highest BCUT2D eigenvalue weighted by Gasteiger charge is 2.28. The van der Waals surface area contributed by atoms with E-state index in [1.54, 1.807) is 24.3 Å². The number of amides is 3. The summed E-state index contributed by atoms with van der Waals surface area (Å²) in [7, 11) is 1.53. The highest BCUT2D eigenvalue weighted by atomic mass is 35.5. The Balaban J connectivity index is 2.80. The second-order valence-corrected chi connectivity index (χ2v) is 8.02. The molecule has 0 heterocycles. The number of hydrogen-bond donors (Lipinski definition) is 3. The number of primary amides is 1. The maximum atomic E-state index is 13.3. The number of hydrazine groups is 1. The van der Waals surface area contributed by atoms with Crippen molar-refractivity contribution in [2.75, 3.05) is 25.5 Å². The Hall–Kier alpha value is -2.88. The number of ether oxygens (including phenoxy) is 1. The molecule has 2 atom stereocenters. The summed E-state index contributed by atoms with van der Waals surface area (Å²) in [5, 5.41) is 3.60. The van der Waals surface area contributed by atoms with Crippen LogP contribution in [0.2, 0.25) is 0 Å². The standard InChI is InChI=1S/C21H30ClFN4O5/c1-13(2)9-14(10-16(28)12-25-15-5-4-6-17(11-15)32-3)20(30)26-27(8-7-18(24)29)21(31)19(22)23/h4-6,11,13-14,19,25H,7-10,12H2,1-3H3,(H2,24,29)(H,26,30)/t14-,19+/m1/s1. The van der Waals surface area contributed by atoms with Crippen LogP contribution < -0.4 is 21.2 Å². The third-order valence-corrected chi connectivity index (χ3v) is 4.63. The number of alkyl halides is 2. The molecule has 0 bridgehead atoms. The molecule has 0 aliphatic heterocycles. The number of benzene rings is 1. The van der Waals surface area contributed by atoms with Crippen LogP contribution in [0.15, 0.2) is 24.3 Å². The maximum absolute atomic E-state index is 13.3. The van der Waals surface area contributed by atoms with Gasteiger partial charge in [0.1, 0.15) is 5.75 Å². The van der Waals surface area contributed by atoms with Gasteiger partial charge in [0.05, 0.1) is 20.2 Å². The van der Waals surface area contributed by atoms with Gasteiger partial charge in [0.15, 0.2) is 5.78 Å². The average molecular weight is 473 g/mol. The molecule has 11 heteroatoms. The smallest absolute Gasteiger partial charge is 0.291 e. The summed E-state index contributed by atoms with van der Waals surface area (Å²) in [5.74, 6) is -2.91. The molecular formula is C21H30ClFN4O5. The lowest BCUT2D eigenvalue weighted by molar-refractivity contribution is -0.146. The zero-order valence-electron chi connectivity index (χ0n) is 18.4. The number of anilines is 1. The van der Waals surface area contributed by atoms with Gasteiger partial charge in [0, 0.05) is 30.5 Å². The highest BCUT2D eigenvalue weighted by Crippen LogP contribution is 2.19. The van der Waals surface area contributed by atoms with Crippen molar-refractivity contribution in [2.24, 2.45) is 17.6 Å². The predicted molar refractivity (Wildman–Crippen MR) is 118 cm³/mol. The van der Waals surface area contributed by atoms with Gasteiger partial charge >= 0.3 is 0 Å². The van der Waals surface area contributed by atoms with Crippen molar-refractivity contribution >= 4 is 40.8 Å². The van der Waals surface area contributed by atoms with Crippen LogP contribution in [0, 0.1) is 11.8 Å². The Morgan fingerprint density at radius 1 is 1.25 bits per heavy atom. The Morgan fingerprint density at radius 2 is 1.94 bits per heavy atom. The predicted octanol–water partition coefficient (Wildman–Crippen LogP) is 2.00.